The van der Waals surface area contributed by atoms with Gasteiger partial charge in [-0.1, -0.05) is 120 Å². The molecule has 3 aromatic rings. The molecule has 146 valence electrons. The van der Waals surface area contributed by atoms with Gasteiger partial charge < -0.3 is 0 Å². The van der Waals surface area contributed by atoms with Gasteiger partial charge in [-0.2, -0.15) is 0 Å². The molecule has 29 heavy (non-hydrogen) atoms. The number of aryl methyl sites for hydroxylation is 3. The molecule has 1 aliphatic rings. The van der Waals surface area contributed by atoms with Gasteiger partial charge in [0.05, 0.1) is 0 Å². The highest BCUT2D eigenvalue weighted by molar-refractivity contribution is 7.13. The lowest BCUT2D eigenvalue weighted by atomic mass is 10.2. The van der Waals surface area contributed by atoms with Crippen LogP contribution in [0.5, 0.6) is 0 Å². The highest BCUT2D eigenvalue weighted by Gasteiger charge is 2.47. The average Bonchev–Trinajstić information content (AvgIpc) is 3.18. The third-order valence-corrected chi connectivity index (χ3v) is 11.5. The Balaban J connectivity index is 2.13. The van der Waals surface area contributed by atoms with Crippen molar-refractivity contribution in [3.8, 4) is 0 Å². The molecule has 1 aliphatic carbocycles. The largest absolute Gasteiger partial charge is 0.159 e. The minimum absolute atomic E-state index is 0.442. The van der Waals surface area contributed by atoms with Crippen molar-refractivity contribution in [1.29, 1.82) is 0 Å². The Hall–Kier alpha value is -2.64. The fourth-order valence-corrected chi connectivity index (χ4v) is 10.8. The maximum atomic E-state index is 2.47. The number of hydrogen-bond acceptors (Lipinski definition) is 0. The molecule has 1 heteroatoms. The minimum Gasteiger partial charge on any atom is -0.0790 e. The Bertz CT molecular complexity index is 976. The van der Waals surface area contributed by atoms with E-state index in [1.54, 1.807) is 5.57 Å². The molecule has 0 heterocycles. The van der Waals surface area contributed by atoms with Crippen LogP contribution in [0.1, 0.15) is 30.0 Å². The molecule has 0 nitrogen and oxygen atoms in total. The SMILES string of the molecule is CCC1=CC=CC1[Si](c1cccc(C)c1)(c1cccc(C)c1)c1cccc(C)c1. The normalized spacial score (nSPS) is 16.1. The second-order valence-electron chi connectivity index (χ2n) is 8.37. The van der Waals surface area contributed by atoms with E-state index in [2.05, 4.69) is 119 Å². The van der Waals surface area contributed by atoms with E-state index < -0.39 is 8.07 Å². The maximum Gasteiger partial charge on any atom is 0.159 e. The molecule has 1 atom stereocenters. The van der Waals surface area contributed by atoms with Crippen molar-refractivity contribution in [1.82, 2.24) is 0 Å². The number of hydrogen-bond donors (Lipinski definition) is 0. The summed E-state index contributed by atoms with van der Waals surface area (Å²) in [5, 5.41) is 4.51. The summed E-state index contributed by atoms with van der Waals surface area (Å²) in [5.41, 5.74) is 6.01. The van der Waals surface area contributed by atoms with Gasteiger partial charge >= 0.3 is 0 Å². The second-order valence-corrected chi connectivity index (χ2v) is 12.3. The van der Waals surface area contributed by atoms with Crippen molar-refractivity contribution in [3.05, 3.63) is 113 Å². The molecule has 0 radical (unpaired) electrons. The maximum absolute atomic E-state index is 2.47. The molecule has 0 spiro atoms. The number of allylic oxidation sites excluding steroid dienone is 4. The van der Waals surface area contributed by atoms with Crippen LogP contribution in [0.15, 0.2) is 96.6 Å². The molecule has 0 fully saturated rings. The van der Waals surface area contributed by atoms with Crippen LogP contribution in [-0.2, 0) is 0 Å². The van der Waals surface area contributed by atoms with E-state index in [0.717, 1.165) is 6.42 Å². The van der Waals surface area contributed by atoms with Crippen LogP contribution in [0.2, 0.25) is 5.54 Å². The lowest BCUT2D eigenvalue weighted by Gasteiger charge is -2.40. The average molecular weight is 395 g/mol. The Morgan fingerprint density at radius 2 is 1.14 bits per heavy atom. The van der Waals surface area contributed by atoms with Gasteiger partial charge in [0, 0.05) is 5.54 Å². The highest BCUT2D eigenvalue weighted by atomic mass is 28.3. The molecule has 0 aliphatic heterocycles. The van der Waals surface area contributed by atoms with E-state index in [1.165, 1.54) is 32.3 Å². The second kappa shape index (κ2) is 8.00. The van der Waals surface area contributed by atoms with Gasteiger partial charge in [0.1, 0.15) is 0 Å². The van der Waals surface area contributed by atoms with Crippen LogP contribution in [0.4, 0.5) is 0 Å². The first kappa shape index (κ1) is 19.7. The fraction of sp³-hybridized carbons (Fsp3) is 0.214. The van der Waals surface area contributed by atoms with Gasteiger partial charge in [-0.3, -0.25) is 0 Å². The number of benzene rings is 3. The predicted octanol–water partition coefficient (Wildman–Crippen LogP) is 5.36. The summed E-state index contributed by atoms with van der Waals surface area (Å²) in [6.45, 7) is 8.95. The standard InChI is InChI=1S/C28H30Si/c1-5-24-13-9-17-28(24)29(25-14-6-10-21(2)18-25,26-15-7-11-22(3)19-26)27-16-8-12-23(4)20-27/h6-20,28H,5H2,1-4H3. The van der Waals surface area contributed by atoms with Gasteiger partial charge in [0.15, 0.2) is 8.07 Å². The van der Waals surface area contributed by atoms with Crippen LogP contribution in [0.3, 0.4) is 0 Å². The third-order valence-electron chi connectivity index (χ3n) is 6.31. The van der Waals surface area contributed by atoms with Crippen LogP contribution >= 0.6 is 0 Å². The Morgan fingerprint density at radius 3 is 1.52 bits per heavy atom. The number of rotatable bonds is 5. The van der Waals surface area contributed by atoms with E-state index in [9.17, 15) is 0 Å². The summed E-state index contributed by atoms with van der Waals surface area (Å²) in [6.07, 6.45) is 8.20. The van der Waals surface area contributed by atoms with E-state index in [4.69, 9.17) is 0 Å². The molecule has 0 aromatic heterocycles. The molecule has 4 rings (SSSR count). The van der Waals surface area contributed by atoms with Crippen LogP contribution < -0.4 is 15.6 Å². The predicted molar refractivity (Wildman–Crippen MR) is 129 cm³/mol. The summed E-state index contributed by atoms with van der Waals surface area (Å²) in [5.74, 6) is 0. The summed E-state index contributed by atoms with van der Waals surface area (Å²) in [7, 11) is -2.32. The molecule has 0 amide bonds. The Kier molecular flexibility index (Phi) is 5.43. The van der Waals surface area contributed by atoms with Crippen LogP contribution in [-0.4, -0.2) is 8.07 Å². The molecule has 0 saturated carbocycles. The van der Waals surface area contributed by atoms with Crippen molar-refractivity contribution in [2.45, 2.75) is 39.7 Å². The fourth-order valence-electron chi connectivity index (χ4n) is 4.99. The van der Waals surface area contributed by atoms with E-state index in [0.29, 0.717) is 5.54 Å². The Labute approximate surface area is 176 Å². The van der Waals surface area contributed by atoms with Crippen LogP contribution in [0.25, 0.3) is 0 Å². The van der Waals surface area contributed by atoms with Gasteiger partial charge in [0.2, 0.25) is 0 Å². The summed E-state index contributed by atoms with van der Waals surface area (Å²) in [4.78, 5) is 0. The summed E-state index contributed by atoms with van der Waals surface area (Å²) in [6, 6.07) is 27.8. The molecule has 1 unspecified atom stereocenters. The molecule has 3 aromatic carbocycles. The first-order valence-corrected chi connectivity index (χ1v) is 12.7. The zero-order chi connectivity index (χ0) is 20.4. The molecule has 0 N–H and O–H groups in total. The summed E-state index contributed by atoms with van der Waals surface area (Å²) >= 11 is 0. The highest BCUT2D eigenvalue weighted by Crippen LogP contribution is 2.37. The smallest absolute Gasteiger partial charge is 0.0790 e. The monoisotopic (exact) mass is 394 g/mol. The van der Waals surface area contributed by atoms with Crippen molar-refractivity contribution < 1.29 is 0 Å². The summed E-state index contributed by atoms with van der Waals surface area (Å²) < 4.78 is 0. The molecule has 0 saturated heterocycles. The topological polar surface area (TPSA) is 0 Å². The van der Waals surface area contributed by atoms with Gasteiger partial charge in [-0.05, 0) is 42.8 Å². The lowest BCUT2D eigenvalue weighted by Crippen LogP contribution is -2.69. The minimum atomic E-state index is -2.32. The van der Waals surface area contributed by atoms with E-state index >= 15 is 0 Å². The van der Waals surface area contributed by atoms with E-state index in [1.807, 2.05) is 0 Å². The van der Waals surface area contributed by atoms with Crippen molar-refractivity contribution in [2.75, 3.05) is 0 Å². The molecule has 0 bridgehead atoms. The van der Waals surface area contributed by atoms with Crippen molar-refractivity contribution in [2.24, 2.45) is 0 Å². The zero-order valence-corrected chi connectivity index (χ0v) is 18.9. The zero-order valence-electron chi connectivity index (χ0n) is 17.9. The van der Waals surface area contributed by atoms with E-state index in [-0.39, 0.29) is 0 Å². The Morgan fingerprint density at radius 1 is 0.690 bits per heavy atom. The lowest BCUT2D eigenvalue weighted by molar-refractivity contribution is 1.03. The first-order valence-electron chi connectivity index (χ1n) is 10.6. The van der Waals surface area contributed by atoms with Crippen molar-refractivity contribution >= 4 is 23.6 Å². The van der Waals surface area contributed by atoms with Crippen LogP contribution in [0, 0.1) is 20.8 Å². The first-order chi connectivity index (χ1) is 14.1. The van der Waals surface area contributed by atoms with Crippen molar-refractivity contribution in [3.63, 3.8) is 0 Å². The van der Waals surface area contributed by atoms with Gasteiger partial charge in [-0.25, -0.2) is 0 Å². The van der Waals surface area contributed by atoms with Gasteiger partial charge in [-0.15, -0.1) is 0 Å². The third kappa shape index (κ3) is 3.45. The quantitative estimate of drug-likeness (QED) is 0.404. The molecular weight excluding hydrogens is 364 g/mol. The van der Waals surface area contributed by atoms with Gasteiger partial charge in [0.25, 0.3) is 0 Å². The molecular formula is C28H30Si.